The van der Waals surface area contributed by atoms with Crippen molar-refractivity contribution >= 4 is 0 Å². The quantitative estimate of drug-likeness (QED) is 0.653. The molecule has 0 fully saturated rings. The normalized spacial score (nSPS) is 11.4. The van der Waals surface area contributed by atoms with Gasteiger partial charge in [-0.3, -0.25) is 0 Å². The fourth-order valence-corrected chi connectivity index (χ4v) is 1.04. The van der Waals surface area contributed by atoms with Gasteiger partial charge in [0.05, 0.1) is 24.2 Å². The van der Waals surface area contributed by atoms with Crippen molar-refractivity contribution in [3.63, 3.8) is 0 Å². The molecule has 0 spiro atoms. The lowest BCUT2D eigenvalue weighted by atomic mass is 9.93. The van der Waals surface area contributed by atoms with Crippen LogP contribution in [-0.4, -0.2) is 6.61 Å². The molecule has 0 aliphatic rings. The third-order valence-corrected chi connectivity index (χ3v) is 1.75. The molecule has 0 aliphatic heterocycles. The Morgan fingerprint density at radius 2 is 2.08 bits per heavy atom. The van der Waals surface area contributed by atoms with Gasteiger partial charge in [-0.1, -0.05) is 0 Å². The van der Waals surface area contributed by atoms with Crippen LogP contribution in [0.25, 0.3) is 0 Å². The van der Waals surface area contributed by atoms with E-state index in [4.69, 9.17) is 9.15 Å². The van der Waals surface area contributed by atoms with Gasteiger partial charge in [-0.25, -0.2) is 4.42 Å². The van der Waals surface area contributed by atoms with Gasteiger partial charge in [-0.2, -0.15) is 0 Å². The molecule has 0 amide bonds. The van der Waals surface area contributed by atoms with E-state index in [2.05, 4.69) is 20.8 Å². The van der Waals surface area contributed by atoms with Gasteiger partial charge in [0.1, 0.15) is 5.75 Å². The lowest BCUT2D eigenvalue weighted by molar-refractivity contribution is 0.326. The molecule has 72 valence electrons. The Bertz CT molecular complexity index is 274. The van der Waals surface area contributed by atoms with Crippen LogP contribution in [0.3, 0.4) is 0 Å². The van der Waals surface area contributed by atoms with Crippen LogP contribution >= 0.6 is 0 Å². The Balaban J connectivity index is 2.92. The molecule has 2 heteroatoms. The van der Waals surface area contributed by atoms with E-state index in [1.54, 1.807) is 6.26 Å². The summed E-state index contributed by atoms with van der Waals surface area (Å²) in [7, 11) is 0. The van der Waals surface area contributed by atoms with E-state index in [9.17, 15) is 0 Å². The molecule has 0 aliphatic carbocycles. The van der Waals surface area contributed by atoms with Crippen molar-refractivity contribution in [3.8, 4) is 5.75 Å². The smallest absolute Gasteiger partial charge is 0.337 e. The third kappa shape index (κ3) is 2.72. The molecule has 0 atom stereocenters. The van der Waals surface area contributed by atoms with E-state index >= 15 is 0 Å². The standard InChI is InChI=1S/C11H17O2/c1-5-12-9-6-7-13-10(8-9)11(2,3)4/h6-8H,5H2,1-4H3/q+1. The van der Waals surface area contributed by atoms with E-state index in [1.165, 1.54) is 0 Å². The van der Waals surface area contributed by atoms with Crippen molar-refractivity contribution in [1.29, 1.82) is 0 Å². The molecule has 0 saturated heterocycles. The fraction of sp³-hybridized carbons (Fsp3) is 0.545. The zero-order chi connectivity index (χ0) is 9.90. The van der Waals surface area contributed by atoms with Gasteiger partial charge in [0.2, 0.25) is 0 Å². The summed E-state index contributed by atoms with van der Waals surface area (Å²) in [5.41, 5.74) is 0.0348. The van der Waals surface area contributed by atoms with Gasteiger partial charge >= 0.3 is 12.0 Å². The highest BCUT2D eigenvalue weighted by atomic mass is 16.5. The summed E-state index contributed by atoms with van der Waals surface area (Å²) < 4.78 is 10.8. The monoisotopic (exact) mass is 181 g/mol. The van der Waals surface area contributed by atoms with Gasteiger partial charge in [-0.05, 0) is 27.7 Å². The number of hydrogen-bond donors (Lipinski definition) is 0. The van der Waals surface area contributed by atoms with E-state index in [-0.39, 0.29) is 5.41 Å². The van der Waals surface area contributed by atoms with Crippen molar-refractivity contribution < 1.29 is 9.15 Å². The lowest BCUT2D eigenvalue weighted by Crippen LogP contribution is -2.10. The Kier molecular flexibility index (Phi) is 2.91. The minimum absolute atomic E-state index is 0.0348. The van der Waals surface area contributed by atoms with Crippen LogP contribution in [0, 0.1) is 0 Å². The molecule has 0 radical (unpaired) electrons. The highest BCUT2D eigenvalue weighted by Gasteiger charge is 2.26. The SMILES string of the molecule is CCOc1cc[o+]c(C(C)(C)C)c1. The first-order valence-electron chi connectivity index (χ1n) is 4.59. The van der Waals surface area contributed by atoms with Crippen LogP contribution in [0.5, 0.6) is 5.75 Å². The average molecular weight is 181 g/mol. The Labute approximate surface area is 79.5 Å². The summed E-state index contributed by atoms with van der Waals surface area (Å²) in [6.07, 6.45) is 1.67. The maximum Gasteiger partial charge on any atom is 0.337 e. The first-order chi connectivity index (χ1) is 6.04. The molecule has 0 unspecified atom stereocenters. The lowest BCUT2D eigenvalue weighted by Gasteiger charge is -2.09. The Morgan fingerprint density at radius 1 is 1.38 bits per heavy atom. The molecule has 13 heavy (non-hydrogen) atoms. The highest BCUT2D eigenvalue weighted by Crippen LogP contribution is 2.25. The molecule has 1 aromatic heterocycles. The number of hydrogen-bond acceptors (Lipinski definition) is 1. The van der Waals surface area contributed by atoms with Crippen LogP contribution < -0.4 is 4.74 Å². The second kappa shape index (κ2) is 3.77. The predicted octanol–water partition coefficient (Wildman–Crippen LogP) is 3.26. The van der Waals surface area contributed by atoms with Crippen LogP contribution in [0.15, 0.2) is 22.8 Å². The summed E-state index contributed by atoms with van der Waals surface area (Å²) in [5.74, 6) is 1.82. The topological polar surface area (TPSA) is 20.5 Å². The average Bonchev–Trinajstić information content (AvgIpc) is 2.04. The first-order valence-corrected chi connectivity index (χ1v) is 4.59. The molecule has 0 bridgehead atoms. The zero-order valence-corrected chi connectivity index (χ0v) is 8.76. The first kappa shape index (κ1) is 10.0. The zero-order valence-electron chi connectivity index (χ0n) is 8.76. The summed E-state index contributed by atoms with van der Waals surface area (Å²) >= 11 is 0. The summed E-state index contributed by atoms with van der Waals surface area (Å²) in [4.78, 5) is 0. The molecular weight excluding hydrogens is 164 g/mol. The molecule has 1 aromatic rings. The van der Waals surface area contributed by atoms with Crippen molar-refractivity contribution in [2.24, 2.45) is 0 Å². The molecular formula is C11H17O2+. The van der Waals surface area contributed by atoms with Gasteiger partial charge in [0.25, 0.3) is 0 Å². The van der Waals surface area contributed by atoms with E-state index in [1.807, 2.05) is 19.1 Å². The molecule has 0 saturated carbocycles. The van der Waals surface area contributed by atoms with Crippen LogP contribution in [-0.2, 0) is 5.41 Å². The predicted molar refractivity (Wildman–Crippen MR) is 53.0 cm³/mol. The Morgan fingerprint density at radius 3 is 2.62 bits per heavy atom. The van der Waals surface area contributed by atoms with E-state index in [0.29, 0.717) is 6.61 Å². The van der Waals surface area contributed by atoms with E-state index < -0.39 is 0 Å². The van der Waals surface area contributed by atoms with Gasteiger partial charge in [0, 0.05) is 0 Å². The maximum atomic E-state index is 5.40. The van der Waals surface area contributed by atoms with Crippen molar-refractivity contribution in [3.05, 3.63) is 24.2 Å². The highest BCUT2D eigenvalue weighted by molar-refractivity contribution is 5.23. The van der Waals surface area contributed by atoms with E-state index in [0.717, 1.165) is 11.5 Å². The molecule has 0 N–H and O–H groups in total. The van der Waals surface area contributed by atoms with Crippen molar-refractivity contribution in [2.75, 3.05) is 6.61 Å². The van der Waals surface area contributed by atoms with Crippen LogP contribution in [0.4, 0.5) is 0 Å². The molecule has 2 nitrogen and oxygen atoms in total. The number of rotatable bonds is 2. The molecule has 1 rings (SSSR count). The van der Waals surface area contributed by atoms with Crippen molar-refractivity contribution in [2.45, 2.75) is 33.1 Å². The summed E-state index contributed by atoms with van der Waals surface area (Å²) in [6.45, 7) is 9.00. The van der Waals surface area contributed by atoms with Gasteiger partial charge in [-0.15, -0.1) is 0 Å². The van der Waals surface area contributed by atoms with Gasteiger partial charge in [0.15, 0.2) is 0 Å². The van der Waals surface area contributed by atoms with Gasteiger partial charge < -0.3 is 4.74 Å². The molecule has 1 heterocycles. The third-order valence-electron chi connectivity index (χ3n) is 1.75. The molecule has 0 aromatic carbocycles. The largest absolute Gasteiger partial charge is 0.493 e. The van der Waals surface area contributed by atoms with Crippen LogP contribution in [0.1, 0.15) is 33.5 Å². The summed E-state index contributed by atoms with van der Waals surface area (Å²) in [5, 5.41) is 0. The second-order valence-electron chi connectivity index (χ2n) is 4.01. The summed E-state index contributed by atoms with van der Waals surface area (Å²) in [6, 6.07) is 3.78. The number of ether oxygens (including phenoxy) is 1. The minimum Gasteiger partial charge on any atom is -0.493 e. The van der Waals surface area contributed by atoms with Crippen molar-refractivity contribution in [1.82, 2.24) is 0 Å². The van der Waals surface area contributed by atoms with Crippen LogP contribution in [0.2, 0.25) is 0 Å². The maximum absolute atomic E-state index is 5.40. The minimum atomic E-state index is 0.0348. The fourth-order valence-electron chi connectivity index (χ4n) is 1.04. The Hall–Kier alpha value is -1.05. The second-order valence-corrected chi connectivity index (χ2v) is 4.01.